The summed E-state index contributed by atoms with van der Waals surface area (Å²) in [6, 6.07) is 6.28. The van der Waals surface area contributed by atoms with Crippen LogP contribution in [0.2, 0.25) is 0 Å². The zero-order chi connectivity index (χ0) is 12.0. The van der Waals surface area contributed by atoms with E-state index in [4.69, 9.17) is 10.4 Å². The maximum Gasteiger partial charge on any atom is 0.143 e. The number of aliphatic hydroxyl groups is 1. The van der Waals surface area contributed by atoms with E-state index in [1.165, 1.54) is 12.1 Å². The Bertz CT molecular complexity index is 381. The number of hydrogen-bond donors (Lipinski definition) is 1. The molecule has 0 aliphatic heterocycles. The van der Waals surface area contributed by atoms with Crippen LogP contribution in [0.4, 0.5) is 10.1 Å². The highest BCUT2D eigenvalue weighted by atomic mass is 19.1. The number of benzene rings is 1. The van der Waals surface area contributed by atoms with Crippen LogP contribution in [0.5, 0.6) is 0 Å². The highest BCUT2D eigenvalue weighted by molar-refractivity contribution is 5.50. The van der Waals surface area contributed by atoms with Gasteiger partial charge in [-0.05, 0) is 24.6 Å². The third-order valence-electron chi connectivity index (χ3n) is 2.30. The topological polar surface area (TPSA) is 47.3 Å². The lowest BCUT2D eigenvalue weighted by atomic mass is 10.2. The molecule has 0 atom stereocenters. The number of hydrogen-bond acceptors (Lipinski definition) is 3. The van der Waals surface area contributed by atoms with Gasteiger partial charge in [-0.15, -0.1) is 0 Å². The molecule has 1 N–H and O–H groups in total. The Balaban J connectivity index is 2.93. The summed E-state index contributed by atoms with van der Waals surface area (Å²) in [7, 11) is 0. The number of aliphatic hydroxyl groups excluding tert-OH is 1. The quantitative estimate of drug-likeness (QED) is 0.827. The minimum atomic E-state index is -0.515. The first-order chi connectivity index (χ1) is 7.72. The largest absolute Gasteiger partial charge is 0.395 e. The zero-order valence-electron chi connectivity index (χ0n) is 9.28. The zero-order valence-corrected chi connectivity index (χ0v) is 9.28. The van der Waals surface area contributed by atoms with Gasteiger partial charge in [0, 0.05) is 18.8 Å². The summed E-state index contributed by atoms with van der Waals surface area (Å²) >= 11 is 0. The molecule has 4 heteroatoms. The Morgan fingerprint density at radius 2 is 2.19 bits per heavy atom. The third kappa shape index (κ3) is 2.94. The molecule has 86 valence electrons. The average molecular weight is 222 g/mol. The van der Waals surface area contributed by atoms with Crippen LogP contribution in [-0.4, -0.2) is 24.8 Å². The van der Waals surface area contributed by atoms with Crippen LogP contribution in [0.15, 0.2) is 18.2 Å². The van der Waals surface area contributed by atoms with E-state index in [1.807, 2.05) is 11.8 Å². The second-order valence-electron chi connectivity index (χ2n) is 3.49. The summed E-state index contributed by atoms with van der Waals surface area (Å²) in [5.74, 6) is -0.515. The fourth-order valence-electron chi connectivity index (χ4n) is 1.55. The van der Waals surface area contributed by atoms with Crippen LogP contribution >= 0.6 is 0 Å². The molecular weight excluding hydrogens is 207 g/mol. The molecule has 16 heavy (non-hydrogen) atoms. The van der Waals surface area contributed by atoms with E-state index in [2.05, 4.69) is 0 Å². The molecule has 0 aromatic heterocycles. The number of anilines is 1. The van der Waals surface area contributed by atoms with Crippen LogP contribution in [-0.2, 0) is 0 Å². The van der Waals surface area contributed by atoms with Crippen molar-refractivity contribution in [2.24, 2.45) is 0 Å². The Morgan fingerprint density at radius 3 is 2.69 bits per heavy atom. The van der Waals surface area contributed by atoms with E-state index in [9.17, 15) is 4.39 Å². The first-order valence-corrected chi connectivity index (χ1v) is 5.28. The van der Waals surface area contributed by atoms with Gasteiger partial charge in [-0.3, -0.25) is 0 Å². The summed E-state index contributed by atoms with van der Waals surface area (Å²) in [5.41, 5.74) is 0.747. The van der Waals surface area contributed by atoms with E-state index < -0.39 is 5.82 Å². The molecule has 0 saturated heterocycles. The van der Waals surface area contributed by atoms with Crippen LogP contribution in [0.25, 0.3) is 0 Å². The van der Waals surface area contributed by atoms with E-state index in [-0.39, 0.29) is 12.2 Å². The molecule has 1 aromatic carbocycles. The van der Waals surface area contributed by atoms with Crippen molar-refractivity contribution in [3.05, 3.63) is 29.6 Å². The molecule has 3 nitrogen and oxygen atoms in total. The molecule has 0 heterocycles. The van der Waals surface area contributed by atoms with Crippen molar-refractivity contribution in [1.82, 2.24) is 0 Å². The van der Waals surface area contributed by atoms with Crippen LogP contribution in [0.3, 0.4) is 0 Å². The van der Waals surface area contributed by atoms with Crippen molar-refractivity contribution in [3.63, 3.8) is 0 Å². The predicted molar refractivity (Wildman–Crippen MR) is 60.7 cm³/mol. The van der Waals surface area contributed by atoms with Gasteiger partial charge in [0.1, 0.15) is 11.9 Å². The molecule has 0 amide bonds. The van der Waals surface area contributed by atoms with E-state index >= 15 is 0 Å². The molecule has 0 aliphatic carbocycles. The van der Waals surface area contributed by atoms with Crippen LogP contribution in [0, 0.1) is 17.1 Å². The van der Waals surface area contributed by atoms with Gasteiger partial charge >= 0.3 is 0 Å². The Morgan fingerprint density at radius 1 is 1.44 bits per heavy atom. The first-order valence-electron chi connectivity index (χ1n) is 5.28. The smallest absolute Gasteiger partial charge is 0.143 e. The Labute approximate surface area is 94.7 Å². The second kappa shape index (κ2) is 6.09. The van der Waals surface area contributed by atoms with Crippen molar-refractivity contribution in [1.29, 1.82) is 5.26 Å². The molecule has 0 unspecified atom stereocenters. The highest BCUT2D eigenvalue weighted by Gasteiger charge is 2.08. The number of halogens is 1. The Kier molecular flexibility index (Phi) is 4.74. The van der Waals surface area contributed by atoms with E-state index in [0.717, 1.165) is 13.0 Å². The van der Waals surface area contributed by atoms with Crippen LogP contribution in [0.1, 0.15) is 18.9 Å². The maximum atomic E-state index is 13.4. The van der Waals surface area contributed by atoms with Gasteiger partial charge in [0.25, 0.3) is 0 Å². The van der Waals surface area contributed by atoms with Gasteiger partial charge in [-0.25, -0.2) is 4.39 Å². The van der Waals surface area contributed by atoms with Gasteiger partial charge < -0.3 is 10.0 Å². The van der Waals surface area contributed by atoms with Crippen molar-refractivity contribution < 1.29 is 9.50 Å². The molecule has 1 rings (SSSR count). The molecular formula is C12H15FN2O. The lowest BCUT2D eigenvalue weighted by molar-refractivity contribution is 0.302. The minimum Gasteiger partial charge on any atom is -0.395 e. The number of nitriles is 1. The van der Waals surface area contributed by atoms with Gasteiger partial charge in [-0.2, -0.15) is 5.26 Å². The Hall–Kier alpha value is -1.60. The standard InChI is InChI=1S/C12H15FN2O/c1-2-5-15(6-7-16)11-4-3-10(9-14)12(13)8-11/h3-4,8,16H,2,5-7H2,1H3. The molecule has 0 bridgehead atoms. The summed E-state index contributed by atoms with van der Waals surface area (Å²) in [5, 5.41) is 17.5. The fourth-order valence-corrected chi connectivity index (χ4v) is 1.55. The van der Waals surface area contributed by atoms with Gasteiger partial charge in [0.05, 0.1) is 12.2 Å². The SMILES string of the molecule is CCCN(CCO)c1ccc(C#N)c(F)c1. The molecule has 0 fully saturated rings. The fraction of sp³-hybridized carbons (Fsp3) is 0.417. The third-order valence-corrected chi connectivity index (χ3v) is 2.30. The predicted octanol–water partition coefficient (Wildman–Crippen LogP) is 1.91. The lowest BCUT2D eigenvalue weighted by Gasteiger charge is -2.23. The van der Waals surface area contributed by atoms with Crippen molar-refractivity contribution in [2.45, 2.75) is 13.3 Å². The van der Waals surface area contributed by atoms with Crippen molar-refractivity contribution in [2.75, 3.05) is 24.6 Å². The summed E-state index contributed by atoms with van der Waals surface area (Å²) in [6.07, 6.45) is 0.918. The maximum absolute atomic E-state index is 13.4. The van der Waals surface area contributed by atoms with Crippen molar-refractivity contribution in [3.8, 4) is 6.07 Å². The first kappa shape index (κ1) is 12.5. The highest BCUT2D eigenvalue weighted by Crippen LogP contribution is 2.18. The monoisotopic (exact) mass is 222 g/mol. The number of nitrogens with zero attached hydrogens (tertiary/aromatic N) is 2. The summed E-state index contributed by atoms with van der Waals surface area (Å²) < 4.78 is 13.4. The molecule has 0 spiro atoms. The molecule has 0 saturated carbocycles. The van der Waals surface area contributed by atoms with Gasteiger partial charge in [0.15, 0.2) is 0 Å². The number of rotatable bonds is 5. The summed E-state index contributed by atoms with van der Waals surface area (Å²) in [4.78, 5) is 1.89. The average Bonchev–Trinajstić information content (AvgIpc) is 2.28. The molecule has 0 aliphatic rings. The minimum absolute atomic E-state index is 0.0294. The second-order valence-corrected chi connectivity index (χ2v) is 3.49. The normalized spacial score (nSPS) is 9.88. The molecule has 0 radical (unpaired) electrons. The molecule has 1 aromatic rings. The van der Waals surface area contributed by atoms with Gasteiger partial charge in [0.2, 0.25) is 0 Å². The van der Waals surface area contributed by atoms with Crippen molar-refractivity contribution >= 4 is 5.69 Å². The lowest BCUT2D eigenvalue weighted by Crippen LogP contribution is -2.27. The van der Waals surface area contributed by atoms with E-state index in [1.54, 1.807) is 12.1 Å². The van der Waals surface area contributed by atoms with Crippen LogP contribution < -0.4 is 4.90 Å². The summed E-state index contributed by atoms with van der Waals surface area (Å²) in [6.45, 7) is 3.27. The van der Waals surface area contributed by atoms with Gasteiger partial charge in [-0.1, -0.05) is 6.92 Å². The van der Waals surface area contributed by atoms with E-state index in [0.29, 0.717) is 12.2 Å².